The maximum atomic E-state index is 10.9. The van der Waals surface area contributed by atoms with Gasteiger partial charge in [0.25, 0.3) is 0 Å². The maximum Gasteiger partial charge on any atom is 0.335 e. The van der Waals surface area contributed by atoms with Crippen LogP contribution in [0.1, 0.15) is 29.1 Å². The Balaban J connectivity index is 2.22. The van der Waals surface area contributed by atoms with Crippen LogP contribution in [-0.4, -0.2) is 23.2 Å². The zero-order chi connectivity index (χ0) is 13.8. The largest absolute Gasteiger partial charge is 0.493 e. The number of aromatic amines is 1. The minimum Gasteiger partial charge on any atom is -0.493 e. The summed E-state index contributed by atoms with van der Waals surface area (Å²) in [5, 5.41) is 8.93. The van der Waals surface area contributed by atoms with Gasteiger partial charge in [-0.3, -0.25) is 0 Å². The van der Waals surface area contributed by atoms with Gasteiger partial charge >= 0.3 is 5.97 Å². The number of carboxylic acids is 1. The Bertz CT molecular complexity index is 563. The molecule has 0 aliphatic carbocycles. The Hall–Kier alpha value is -2.43. The third-order valence-corrected chi connectivity index (χ3v) is 2.77. The van der Waals surface area contributed by atoms with Gasteiger partial charge in [0.15, 0.2) is 11.5 Å². The third-order valence-electron chi connectivity index (χ3n) is 2.77. The van der Waals surface area contributed by atoms with Gasteiger partial charge in [0, 0.05) is 6.20 Å². The molecule has 1 aromatic heterocycles. The summed E-state index contributed by atoms with van der Waals surface area (Å²) in [5.74, 6) is -0.0878. The standard InChI is InChI=1S/C14H15NO4/c1-9(11-4-3-7-15-11)19-12-6-5-10(14(16)17)8-13(12)18-2/h3-9,15H,1-2H3,(H,16,17). The van der Waals surface area contributed by atoms with E-state index >= 15 is 0 Å². The van der Waals surface area contributed by atoms with Crippen molar-refractivity contribution in [2.75, 3.05) is 7.11 Å². The predicted molar refractivity (Wildman–Crippen MR) is 69.8 cm³/mol. The third kappa shape index (κ3) is 2.88. The molecule has 0 amide bonds. The van der Waals surface area contributed by atoms with Crippen LogP contribution in [0.2, 0.25) is 0 Å². The molecule has 1 aromatic carbocycles. The summed E-state index contributed by atoms with van der Waals surface area (Å²) in [5.41, 5.74) is 1.10. The van der Waals surface area contributed by atoms with Crippen LogP contribution >= 0.6 is 0 Å². The van der Waals surface area contributed by atoms with E-state index < -0.39 is 5.97 Å². The first kappa shape index (κ1) is 13.0. The molecule has 0 saturated heterocycles. The van der Waals surface area contributed by atoms with Crippen LogP contribution in [0, 0.1) is 0 Å². The molecule has 0 spiro atoms. The first-order valence-electron chi connectivity index (χ1n) is 5.83. The molecule has 0 bridgehead atoms. The number of methoxy groups -OCH3 is 1. The van der Waals surface area contributed by atoms with Gasteiger partial charge in [-0.15, -0.1) is 0 Å². The Morgan fingerprint density at radius 1 is 1.32 bits per heavy atom. The number of benzene rings is 1. The highest BCUT2D eigenvalue weighted by Gasteiger charge is 2.14. The van der Waals surface area contributed by atoms with Gasteiger partial charge in [-0.2, -0.15) is 0 Å². The zero-order valence-electron chi connectivity index (χ0n) is 10.7. The van der Waals surface area contributed by atoms with E-state index in [1.807, 2.05) is 25.3 Å². The van der Waals surface area contributed by atoms with E-state index in [-0.39, 0.29) is 11.7 Å². The van der Waals surface area contributed by atoms with Crippen LogP contribution in [0.15, 0.2) is 36.5 Å². The van der Waals surface area contributed by atoms with Crippen molar-refractivity contribution in [2.45, 2.75) is 13.0 Å². The lowest BCUT2D eigenvalue weighted by molar-refractivity contribution is 0.0696. The summed E-state index contributed by atoms with van der Waals surface area (Å²) in [6.45, 7) is 1.90. The number of ether oxygens (including phenoxy) is 2. The van der Waals surface area contributed by atoms with Crippen molar-refractivity contribution in [1.29, 1.82) is 0 Å². The first-order valence-corrected chi connectivity index (χ1v) is 5.83. The fourth-order valence-electron chi connectivity index (χ4n) is 1.75. The van der Waals surface area contributed by atoms with Crippen LogP contribution in [0.5, 0.6) is 11.5 Å². The number of nitrogens with one attached hydrogen (secondary N) is 1. The van der Waals surface area contributed by atoms with Gasteiger partial charge in [-0.1, -0.05) is 0 Å². The molecule has 1 atom stereocenters. The quantitative estimate of drug-likeness (QED) is 0.868. The number of hydrogen-bond donors (Lipinski definition) is 2. The van der Waals surface area contributed by atoms with E-state index in [4.69, 9.17) is 14.6 Å². The summed E-state index contributed by atoms with van der Waals surface area (Å²) >= 11 is 0. The second kappa shape index (κ2) is 5.48. The van der Waals surface area contributed by atoms with Gasteiger partial charge < -0.3 is 19.6 Å². The maximum absolute atomic E-state index is 10.9. The lowest BCUT2D eigenvalue weighted by Gasteiger charge is -2.16. The highest BCUT2D eigenvalue weighted by Crippen LogP contribution is 2.31. The van der Waals surface area contributed by atoms with Gasteiger partial charge in [-0.05, 0) is 37.3 Å². The Morgan fingerprint density at radius 3 is 2.68 bits per heavy atom. The fourth-order valence-corrected chi connectivity index (χ4v) is 1.75. The van der Waals surface area contributed by atoms with E-state index in [0.29, 0.717) is 11.5 Å². The number of aromatic carboxylic acids is 1. The number of carboxylic acid groups (broad SMARTS) is 1. The number of carbonyl (C=O) groups is 1. The van der Waals surface area contributed by atoms with Crippen LogP contribution in [-0.2, 0) is 0 Å². The molecule has 0 fully saturated rings. The molecule has 0 aliphatic heterocycles. The molecule has 5 heteroatoms. The van der Waals surface area contributed by atoms with Gasteiger partial charge in [-0.25, -0.2) is 4.79 Å². The molecule has 0 radical (unpaired) electrons. The minimum absolute atomic E-state index is 0.164. The van der Waals surface area contributed by atoms with E-state index in [2.05, 4.69) is 4.98 Å². The second-order valence-electron chi connectivity index (χ2n) is 4.06. The summed E-state index contributed by atoms with van der Waals surface area (Å²) in [6.07, 6.45) is 1.64. The summed E-state index contributed by atoms with van der Waals surface area (Å²) < 4.78 is 10.9. The first-order chi connectivity index (χ1) is 9.11. The van der Waals surface area contributed by atoms with Crippen molar-refractivity contribution in [3.8, 4) is 11.5 Å². The zero-order valence-corrected chi connectivity index (χ0v) is 10.7. The fraction of sp³-hybridized carbons (Fsp3) is 0.214. The SMILES string of the molecule is COc1cc(C(=O)O)ccc1OC(C)c1ccc[nH]1. The molecular formula is C14H15NO4. The van der Waals surface area contributed by atoms with Crippen LogP contribution in [0.25, 0.3) is 0 Å². The van der Waals surface area contributed by atoms with E-state index in [0.717, 1.165) is 5.69 Å². The number of H-pyrrole nitrogens is 1. The smallest absolute Gasteiger partial charge is 0.335 e. The number of rotatable bonds is 5. The molecule has 19 heavy (non-hydrogen) atoms. The Kier molecular flexibility index (Phi) is 3.75. The molecule has 100 valence electrons. The molecule has 2 N–H and O–H groups in total. The lowest BCUT2D eigenvalue weighted by atomic mass is 10.2. The topological polar surface area (TPSA) is 71.6 Å². The summed E-state index contributed by atoms with van der Waals surface area (Å²) in [7, 11) is 1.48. The summed E-state index contributed by atoms with van der Waals surface area (Å²) in [4.78, 5) is 14.0. The average molecular weight is 261 g/mol. The molecule has 1 unspecified atom stereocenters. The van der Waals surface area contributed by atoms with Crippen molar-refractivity contribution in [3.63, 3.8) is 0 Å². The molecule has 2 rings (SSSR count). The normalized spacial score (nSPS) is 11.9. The van der Waals surface area contributed by atoms with Crippen molar-refractivity contribution < 1.29 is 19.4 Å². The minimum atomic E-state index is -0.998. The highest BCUT2D eigenvalue weighted by atomic mass is 16.5. The molecule has 0 saturated carbocycles. The number of aromatic nitrogens is 1. The lowest BCUT2D eigenvalue weighted by Crippen LogP contribution is -2.05. The Morgan fingerprint density at radius 2 is 2.11 bits per heavy atom. The average Bonchev–Trinajstić information content (AvgIpc) is 2.92. The van der Waals surface area contributed by atoms with Gasteiger partial charge in [0.2, 0.25) is 0 Å². The van der Waals surface area contributed by atoms with Crippen LogP contribution in [0.3, 0.4) is 0 Å². The van der Waals surface area contributed by atoms with Crippen molar-refractivity contribution >= 4 is 5.97 Å². The second-order valence-corrected chi connectivity index (χ2v) is 4.06. The monoisotopic (exact) mass is 261 g/mol. The van der Waals surface area contributed by atoms with E-state index in [1.54, 1.807) is 6.07 Å². The van der Waals surface area contributed by atoms with Crippen LogP contribution in [0.4, 0.5) is 0 Å². The Labute approximate surface area is 110 Å². The van der Waals surface area contributed by atoms with Gasteiger partial charge in [0.1, 0.15) is 6.10 Å². The molecule has 1 heterocycles. The molecule has 0 aliphatic rings. The van der Waals surface area contributed by atoms with E-state index in [1.165, 1.54) is 19.2 Å². The van der Waals surface area contributed by atoms with Crippen LogP contribution < -0.4 is 9.47 Å². The predicted octanol–water partition coefficient (Wildman–Crippen LogP) is 2.86. The molecular weight excluding hydrogens is 246 g/mol. The summed E-state index contributed by atoms with van der Waals surface area (Å²) in [6, 6.07) is 8.34. The highest BCUT2D eigenvalue weighted by molar-refractivity contribution is 5.88. The van der Waals surface area contributed by atoms with E-state index in [9.17, 15) is 4.79 Å². The van der Waals surface area contributed by atoms with Crippen molar-refractivity contribution in [3.05, 3.63) is 47.8 Å². The molecule has 5 nitrogen and oxygen atoms in total. The number of hydrogen-bond acceptors (Lipinski definition) is 3. The van der Waals surface area contributed by atoms with Gasteiger partial charge in [0.05, 0.1) is 18.4 Å². The van der Waals surface area contributed by atoms with Crippen molar-refractivity contribution in [1.82, 2.24) is 4.98 Å². The molecule has 2 aromatic rings. The van der Waals surface area contributed by atoms with Crippen molar-refractivity contribution in [2.24, 2.45) is 0 Å².